The number of aliphatic carboxylic acids is 1. The summed E-state index contributed by atoms with van der Waals surface area (Å²) in [6.45, 7) is 17.3. The Labute approximate surface area is 317 Å². The minimum absolute atomic E-state index is 0.106. The van der Waals surface area contributed by atoms with Crippen molar-refractivity contribution in [3.8, 4) is 0 Å². The van der Waals surface area contributed by atoms with Crippen LogP contribution in [-0.2, 0) is 28.5 Å². The number of aliphatic hydroxyl groups is 6. The third-order valence-electron chi connectivity index (χ3n) is 12.0. The van der Waals surface area contributed by atoms with E-state index in [2.05, 4.69) is 0 Å². The number of hydrogen-bond donors (Lipinski definition) is 7. The van der Waals surface area contributed by atoms with Gasteiger partial charge >= 0.3 is 5.97 Å². The predicted octanol–water partition coefficient (Wildman–Crippen LogP) is 1.42. The van der Waals surface area contributed by atoms with Crippen molar-refractivity contribution in [1.82, 2.24) is 9.80 Å². The van der Waals surface area contributed by atoms with Crippen LogP contribution in [0.25, 0.3) is 0 Å². The molecule has 3 unspecified atom stereocenters. The minimum atomic E-state index is -1.75. The summed E-state index contributed by atoms with van der Waals surface area (Å²) in [5.74, 6) is -3.30. The van der Waals surface area contributed by atoms with E-state index in [1.54, 1.807) is 48.6 Å². The number of aliphatic hydroxyl groups excluding tert-OH is 4. The summed E-state index contributed by atoms with van der Waals surface area (Å²) < 4.78 is 30.9. The molecule has 2 rings (SSSR count). The van der Waals surface area contributed by atoms with Gasteiger partial charge in [0.1, 0.15) is 23.9 Å². The van der Waals surface area contributed by atoms with Crippen LogP contribution in [0.15, 0.2) is 0 Å². The normalized spacial score (nSPS) is 35.4. The van der Waals surface area contributed by atoms with Gasteiger partial charge in [-0.15, -0.1) is 0 Å². The Bertz CT molecular complexity index is 1130. The van der Waals surface area contributed by atoms with Crippen LogP contribution in [0.5, 0.6) is 0 Å². The number of carbonyl (C=O) groups is 1. The van der Waals surface area contributed by atoms with Crippen LogP contribution in [0, 0.1) is 17.8 Å². The second-order valence-electron chi connectivity index (χ2n) is 17.1. The molecule has 0 aromatic carbocycles. The molecule has 15 nitrogen and oxygen atoms in total. The molecule has 314 valence electrons. The van der Waals surface area contributed by atoms with Gasteiger partial charge in [-0.05, 0) is 94.8 Å². The van der Waals surface area contributed by atoms with E-state index in [0.717, 1.165) is 0 Å². The fourth-order valence-corrected chi connectivity index (χ4v) is 8.30. The Morgan fingerprint density at radius 1 is 1.02 bits per heavy atom. The molecule has 0 saturated carbocycles. The number of rotatable bonds is 20. The van der Waals surface area contributed by atoms with Crippen molar-refractivity contribution in [2.45, 2.75) is 185 Å². The molecule has 0 amide bonds. The quantitative estimate of drug-likeness (QED) is 0.0935. The molecular formula is C38H74N2O13. The van der Waals surface area contributed by atoms with Gasteiger partial charge in [0.15, 0.2) is 12.6 Å². The molecule has 2 aliphatic rings. The highest BCUT2D eigenvalue weighted by molar-refractivity contribution is 5.70. The molecule has 0 aromatic heterocycles. The van der Waals surface area contributed by atoms with E-state index in [-0.39, 0.29) is 37.3 Å². The summed E-state index contributed by atoms with van der Waals surface area (Å²) in [6.07, 6.45) is -8.73. The van der Waals surface area contributed by atoms with E-state index < -0.39 is 96.0 Å². The van der Waals surface area contributed by atoms with Crippen molar-refractivity contribution in [1.29, 1.82) is 0 Å². The summed E-state index contributed by atoms with van der Waals surface area (Å²) in [7, 11) is 6.97. The summed E-state index contributed by atoms with van der Waals surface area (Å²) in [6, 6.07) is -0.878. The zero-order chi connectivity index (χ0) is 41.0. The van der Waals surface area contributed by atoms with Gasteiger partial charge in [-0.1, -0.05) is 20.8 Å². The second-order valence-corrected chi connectivity index (χ2v) is 17.1. The fourth-order valence-electron chi connectivity index (χ4n) is 8.30. The van der Waals surface area contributed by atoms with Crippen LogP contribution in [0.1, 0.15) is 94.9 Å². The highest BCUT2D eigenvalue weighted by Gasteiger charge is 2.51. The van der Waals surface area contributed by atoms with E-state index in [0.29, 0.717) is 13.0 Å². The maximum Gasteiger partial charge on any atom is 0.308 e. The zero-order valence-corrected chi connectivity index (χ0v) is 34.7. The number of carboxylic acids is 1. The number of carboxylic acid groups (broad SMARTS) is 1. The molecule has 53 heavy (non-hydrogen) atoms. The monoisotopic (exact) mass is 767 g/mol. The molecule has 0 radical (unpaired) electrons. The number of hydrogen-bond acceptors (Lipinski definition) is 14. The first kappa shape index (κ1) is 48.1. The molecule has 0 bridgehead atoms. The van der Waals surface area contributed by atoms with Crippen LogP contribution in [0.2, 0.25) is 0 Å². The van der Waals surface area contributed by atoms with Crippen LogP contribution in [0.3, 0.4) is 0 Å². The minimum Gasteiger partial charge on any atom is -0.481 e. The Kier molecular flexibility index (Phi) is 17.6. The van der Waals surface area contributed by atoms with Gasteiger partial charge in [-0.3, -0.25) is 4.79 Å². The standard InChI is InChI=1S/C38H74N2O13/c1-15-27(41)38(10,48)31(43)24(6)40(13)19-20(2)17-36(8,47)33(53-35-29(42)26(39(11)12)16-21(3)50-35)22(4)30(23(5)34(45)46)52-28-18-37(9,49-14)32(44)25(7)51-28/h20-33,35,41-44,47-48H,15-19H2,1-14H3,(H,45,46)/t20-,21?,22+,23-,24-,25+,26+,27-,28+,29+,30?,31-,32+,33-,35?,36-,37-,38-/m1/s1. The Hall–Kier alpha value is -1.05. The average molecular weight is 767 g/mol. The number of ether oxygens (including phenoxy) is 5. The highest BCUT2D eigenvalue weighted by Crippen LogP contribution is 2.39. The van der Waals surface area contributed by atoms with E-state index in [9.17, 15) is 40.5 Å². The van der Waals surface area contributed by atoms with Crippen molar-refractivity contribution in [2.75, 3.05) is 34.8 Å². The molecule has 18 atom stereocenters. The van der Waals surface area contributed by atoms with Crippen molar-refractivity contribution < 1.29 is 64.2 Å². The molecule has 2 saturated heterocycles. The van der Waals surface area contributed by atoms with Gasteiger partial charge in [0.25, 0.3) is 0 Å². The SMILES string of the molecule is CC[C@@H](O)[C@@](C)(O)[C@H](O)[C@@H](C)N(C)C[C@H](C)C[C@@](C)(O)[C@H](OC1OC(C)C[C@H](N(C)C)[C@@H]1O)[C@@H](C)C(O[C@H]1C[C@@](C)(OC)[C@@H](O)[C@H](C)O1)[C@@H](C)C(=O)O. The van der Waals surface area contributed by atoms with E-state index in [1.165, 1.54) is 21.0 Å². The maximum absolute atomic E-state index is 12.6. The van der Waals surface area contributed by atoms with E-state index in [4.69, 9.17) is 23.7 Å². The molecule has 0 aromatic rings. The van der Waals surface area contributed by atoms with Crippen molar-refractivity contribution in [3.63, 3.8) is 0 Å². The van der Waals surface area contributed by atoms with Crippen LogP contribution in [0.4, 0.5) is 0 Å². The predicted molar refractivity (Wildman–Crippen MR) is 198 cm³/mol. The second kappa shape index (κ2) is 19.4. The first-order valence-electron chi connectivity index (χ1n) is 19.2. The average Bonchev–Trinajstić information content (AvgIpc) is 3.07. The molecule has 2 aliphatic heterocycles. The molecule has 0 spiro atoms. The van der Waals surface area contributed by atoms with E-state index in [1.807, 2.05) is 37.7 Å². The summed E-state index contributed by atoms with van der Waals surface area (Å²) >= 11 is 0. The zero-order valence-electron chi connectivity index (χ0n) is 34.7. The van der Waals surface area contributed by atoms with Crippen molar-refractivity contribution in [2.24, 2.45) is 17.8 Å². The molecular weight excluding hydrogens is 692 g/mol. The Morgan fingerprint density at radius 3 is 2.11 bits per heavy atom. The lowest BCUT2D eigenvalue weighted by molar-refractivity contribution is -0.317. The third-order valence-corrected chi connectivity index (χ3v) is 12.0. The first-order chi connectivity index (χ1) is 24.2. The number of likely N-dealkylation sites (N-methyl/N-ethyl adjacent to an activating group) is 2. The fraction of sp³-hybridized carbons (Fsp3) is 0.974. The van der Waals surface area contributed by atoms with Gasteiger partial charge in [0.2, 0.25) is 0 Å². The van der Waals surface area contributed by atoms with Crippen LogP contribution < -0.4 is 0 Å². The van der Waals surface area contributed by atoms with Crippen LogP contribution in [-0.4, -0.2) is 177 Å². The molecule has 2 heterocycles. The number of nitrogens with zero attached hydrogens (tertiary/aromatic N) is 2. The summed E-state index contributed by atoms with van der Waals surface area (Å²) in [5.41, 5.74) is -4.43. The van der Waals surface area contributed by atoms with Crippen molar-refractivity contribution >= 4 is 5.97 Å². The Balaban J connectivity index is 2.50. The molecule has 0 aliphatic carbocycles. The lowest BCUT2D eigenvalue weighted by Gasteiger charge is -2.48. The molecule has 7 N–H and O–H groups in total. The van der Waals surface area contributed by atoms with Gasteiger partial charge in [0.05, 0.1) is 47.6 Å². The summed E-state index contributed by atoms with van der Waals surface area (Å²) in [5, 5.41) is 77.3. The van der Waals surface area contributed by atoms with Gasteiger partial charge in [-0.25, -0.2) is 0 Å². The van der Waals surface area contributed by atoms with Crippen LogP contribution >= 0.6 is 0 Å². The lowest BCUT2D eigenvalue weighted by Crippen LogP contribution is -2.60. The highest BCUT2D eigenvalue weighted by atomic mass is 16.7. The van der Waals surface area contributed by atoms with Gasteiger partial charge < -0.3 is 69.2 Å². The summed E-state index contributed by atoms with van der Waals surface area (Å²) in [4.78, 5) is 16.3. The third kappa shape index (κ3) is 11.7. The lowest BCUT2D eigenvalue weighted by atomic mass is 9.77. The van der Waals surface area contributed by atoms with Gasteiger partial charge in [0, 0.05) is 38.1 Å². The first-order valence-corrected chi connectivity index (χ1v) is 19.2. The largest absolute Gasteiger partial charge is 0.481 e. The van der Waals surface area contributed by atoms with Crippen molar-refractivity contribution in [3.05, 3.63) is 0 Å². The number of methoxy groups -OCH3 is 1. The smallest absolute Gasteiger partial charge is 0.308 e. The van der Waals surface area contributed by atoms with E-state index >= 15 is 0 Å². The maximum atomic E-state index is 12.6. The molecule has 2 fully saturated rings. The Morgan fingerprint density at radius 2 is 1.60 bits per heavy atom. The van der Waals surface area contributed by atoms with Gasteiger partial charge in [-0.2, -0.15) is 0 Å². The molecule has 15 heteroatoms. The topological polar surface area (TPSA) is 211 Å².